The molecule has 2 aliphatic rings. The number of amides is 2. The van der Waals surface area contributed by atoms with E-state index in [1.807, 2.05) is 38.1 Å². The van der Waals surface area contributed by atoms with E-state index in [9.17, 15) is 9.59 Å². The van der Waals surface area contributed by atoms with Crippen LogP contribution in [-0.4, -0.2) is 35.9 Å². The van der Waals surface area contributed by atoms with Gasteiger partial charge in [-0.3, -0.25) is 9.59 Å². The van der Waals surface area contributed by atoms with Gasteiger partial charge in [0.2, 0.25) is 5.91 Å². The predicted octanol–water partition coefficient (Wildman–Crippen LogP) is 5.03. The number of nitrogens with zero attached hydrogens (tertiary/aromatic N) is 1. The highest BCUT2D eigenvalue weighted by atomic mass is 16.5. The average Bonchev–Trinajstić information content (AvgIpc) is 3.40. The van der Waals surface area contributed by atoms with Gasteiger partial charge < -0.3 is 15.0 Å². The molecular formula is C28H36N2O3. The molecule has 2 aromatic rings. The molecule has 1 heterocycles. The van der Waals surface area contributed by atoms with E-state index in [-0.39, 0.29) is 23.8 Å². The summed E-state index contributed by atoms with van der Waals surface area (Å²) >= 11 is 0. The zero-order valence-corrected chi connectivity index (χ0v) is 19.9. The van der Waals surface area contributed by atoms with Crippen molar-refractivity contribution in [1.82, 2.24) is 10.2 Å². The monoisotopic (exact) mass is 448 g/mol. The average molecular weight is 449 g/mol. The Balaban J connectivity index is 1.65. The minimum atomic E-state index is -0.524. The van der Waals surface area contributed by atoms with Gasteiger partial charge in [-0.2, -0.15) is 0 Å². The molecule has 33 heavy (non-hydrogen) atoms. The Labute approximate surface area is 197 Å². The molecule has 4 rings (SSSR count). The number of benzene rings is 2. The van der Waals surface area contributed by atoms with Crippen LogP contribution in [0, 0.1) is 5.92 Å². The van der Waals surface area contributed by atoms with E-state index in [2.05, 4.69) is 34.5 Å². The van der Waals surface area contributed by atoms with E-state index in [1.165, 1.54) is 5.56 Å². The lowest BCUT2D eigenvalue weighted by molar-refractivity contribution is -0.137. The number of hydrogen-bond acceptors (Lipinski definition) is 3. The lowest BCUT2D eigenvalue weighted by Gasteiger charge is -2.39. The molecule has 1 fully saturated rings. The third-order valence-corrected chi connectivity index (χ3v) is 6.94. The number of ether oxygens (including phenoxy) is 1. The highest BCUT2D eigenvalue weighted by Crippen LogP contribution is 2.39. The van der Waals surface area contributed by atoms with Gasteiger partial charge in [-0.15, -0.1) is 0 Å². The second-order valence-electron chi connectivity index (χ2n) is 9.24. The molecule has 0 bridgehead atoms. The Kier molecular flexibility index (Phi) is 7.69. The predicted molar refractivity (Wildman–Crippen MR) is 130 cm³/mol. The summed E-state index contributed by atoms with van der Waals surface area (Å²) in [5, 5.41) is 2.94. The second-order valence-corrected chi connectivity index (χ2v) is 9.24. The molecule has 2 atom stereocenters. The summed E-state index contributed by atoms with van der Waals surface area (Å²) in [6, 6.07) is 16.3. The second kappa shape index (κ2) is 10.9. The van der Waals surface area contributed by atoms with Crippen LogP contribution in [0.1, 0.15) is 75.1 Å². The van der Waals surface area contributed by atoms with Crippen LogP contribution >= 0.6 is 0 Å². The lowest BCUT2D eigenvalue weighted by Crippen LogP contribution is -2.43. The van der Waals surface area contributed by atoms with E-state index in [0.29, 0.717) is 18.7 Å². The fourth-order valence-electron chi connectivity index (χ4n) is 5.15. The molecule has 1 N–H and O–H groups in total. The van der Waals surface area contributed by atoms with Crippen LogP contribution < -0.4 is 10.1 Å². The van der Waals surface area contributed by atoms with Crippen LogP contribution in [0.5, 0.6) is 5.75 Å². The lowest BCUT2D eigenvalue weighted by atomic mass is 9.87. The summed E-state index contributed by atoms with van der Waals surface area (Å²) in [6.07, 6.45) is 6.10. The van der Waals surface area contributed by atoms with Crippen molar-refractivity contribution in [2.24, 2.45) is 5.92 Å². The van der Waals surface area contributed by atoms with E-state index < -0.39 is 6.10 Å². The summed E-state index contributed by atoms with van der Waals surface area (Å²) in [5.74, 6) is 1.03. The number of fused-ring (bicyclic) bond motifs is 1. The maximum atomic E-state index is 13.5. The van der Waals surface area contributed by atoms with E-state index >= 15 is 0 Å². The normalized spacial score (nSPS) is 19.1. The summed E-state index contributed by atoms with van der Waals surface area (Å²) in [5.41, 5.74) is 3.48. The van der Waals surface area contributed by atoms with E-state index in [1.54, 1.807) is 0 Å². The van der Waals surface area contributed by atoms with E-state index in [0.717, 1.165) is 56.2 Å². The molecular weight excluding hydrogens is 412 g/mol. The number of carbonyl (C=O) groups excluding carboxylic acids is 2. The molecule has 1 saturated carbocycles. The molecule has 0 radical (unpaired) electrons. The number of nitrogens with one attached hydrogen (secondary N) is 1. The van der Waals surface area contributed by atoms with Crippen molar-refractivity contribution in [2.75, 3.05) is 13.1 Å². The van der Waals surface area contributed by atoms with Crippen molar-refractivity contribution in [2.45, 2.75) is 70.9 Å². The standard InChI is InChI=1S/C28H36N2O3/c1-3-17-29-27(31)25(4-2)33-23-15-14-20-16-18-30(28(32)22-12-8-9-13-22)26(24(20)19-23)21-10-6-5-7-11-21/h5-7,10-11,14-15,19,22,25-26H,3-4,8-9,12-13,16-18H2,1-2H3,(H,29,31)/t25-,26+/m0/s1. The first-order chi connectivity index (χ1) is 16.1. The number of rotatable bonds is 8. The van der Waals surface area contributed by atoms with Crippen LogP contribution in [0.3, 0.4) is 0 Å². The molecule has 176 valence electrons. The van der Waals surface area contributed by atoms with Gasteiger partial charge in [0.25, 0.3) is 5.91 Å². The van der Waals surface area contributed by atoms with Crippen molar-refractivity contribution < 1.29 is 14.3 Å². The van der Waals surface area contributed by atoms with E-state index in [4.69, 9.17) is 4.74 Å². The SMILES string of the molecule is CCCNC(=O)[C@H](CC)Oc1ccc2c(c1)[C@@H](c1ccccc1)N(C(=O)C1CCCC1)CC2. The first kappa shape index (κ1) is 23.3. The molecule has 0 unspecified atom stereocenters. The van der Waals surface area contributed by atoms with Gasteiger partial charge in [-0.05, 0) is 60.9 Å². The molecule has 1 aliphatic heterocycles. The van der Waals surface area contributed by atoms with Gasteiger partial charge in [0.1, 0.15) is 5.75 Å². The molecule has 1 aliphatic carbocycles. The quantitative estimate of drug-likeness (QED) is 0.616. The van der Waals surface area contributed by atoms with Gasteiger partial charge in [0.15, 0.2) is 6.10 Å². The summed E-state index contributed by atoms with van der Waals surface area (Å²) in [7, 11) is 0. The number of hydrogen-bond donors (Lipinski definition) is 1. The van der Waals surface area contributed by atoms with Crippen LogP contribution in [-0.2, 0) is 16.0 Å². The highest BCUT2D eigenvalue weighted by Gasteiger charge is 2.36. The smallest absolute Gasteiger partial charge is 0.261 e. The van der Waals surface area contributed by atoms with Crippen LogP contribution in [0.4, 0.5) is 0 Å². The first-order valence-corrected chi connectivity index (χ1v) is 12.5. The third kappa shape index (κ3) is 5.23. The van der Waals surface area contributed by atoms with Crippen LogP contribution in [0.15, 0.2) is 48.5 Å². The van der Waals surface area contributed by atoms with Gasteiger partial charge in [0.05, 0.1) is 6.04 Å². The Bertz CT molecular complexity index is 953. The zero-order chi connectivity index (χ0) is 23.2. The summed E-state index contributed by atoms with van der Waals surface area (Å²) < 4.78 is 6.15. The first-order valence-electron chi connectivity index (χ1n) is 12.5. The van der Waals surface area contributed by atoms with Crippen molar-refractivity contribution in [3.05, 3.63) is 65.2 Å². The molecule has 2 aromatic carbocycles. The fraction of sp³-hybridized carbons (Fsp3) is 0.500. The minimum absolute atomic E-state index is 0.0743. The van der Waals surface area contributed by atoms with Gasteiger partial charge >= 0.3 is 0 Å². The maximum Gasteiger partial charge on any atom is 0.261 e. The van der Waals surface area contributed by atoms with Crippen molar-refractivity contribution in [3.8, 4) is 5.75 Å². The topological polar surface area (TPSA) is 58.6 Å². The zero-order valence-electron chi connectivity index (χ0n) is 19.9. The Morgan fingerprint density at radius 1 is 1.09 bits per heavy atom. The van der Waals surface area contributed by atoms with Crippen molar-refractivity contribution in [1.29, 1.82) is 0 Å². The summed E-state index contributed by atoms with van der Waals surface area (Å²) in [6.45, 7) is 5.38. The maximum absolute atomic E-state index is 13.5. The third-order valence-electron chi connectivity index (χ3n) is 6.94. The van der Waals surface area contributed by atoms with Gasteiger partial charge in [-0.1, -0.05) is 63.1 Å². The fourth-order valence-corrected chi connectivity index (χ4v) is 5.15. The van der Waals surface area contributed by atoms with Gasteiger partial charge in [-0.25, -0.2) is 0 Å². The Hall–Kier alpha value is -2.82. The van der Waals surface area contributed by atoms with Crippen molar-refractivity contribution >= 4 is 11.8 Å². The minimum Gasteiger partial charge on any atom is -0.481 e. The largest absolute Gasteiger partial charge is 0.481 e. The van der Waals surface area contributed by atoms with Crippen molar-refractivity contribution in [3.63, 3.8) is 0 Å². The molecule has 0 aromatic heterocycles. The molecule has 0 saturated heterocycles. The van der Waals surface area contributed by atoms with Crippen LogP contribution in [0.25, 0.3) is 0 Å². The molecule has 5 nitrogen and oxygen atoms in total. The highest BCUT2D eigenvalue weighted by molar-refractivity contribution is 5.81. The molecule has 5 heteroatoms. The van der Waals surface area contributed by atoms with Crippen LogP contribution in [0.2, 0.25) is 0 Å². The molecule has 2 amide bonds. The Morgan fingerprint density at radius 3 is 2.55 bits per heavy atom. The Morgan fingerprint density at radius 2 is 1.85 bits per heavy atom. The van der Waals surface area contributed by atoms with Gasteiger partial charge in [0, 0.05) is 19.0 Å². The molecule has 0 spiro atoms. The number of carbonyl (C=O) groups is 2. The summed E-state index contributed by atoms with van der Waals surface area (Å²) in [4.78, 5) is 28.1.